The third-order valence-corrected chi connectivity index (χ3v) is 5.51. The van der Waals surface area contributed by atoms with Crippen LogP contribution in [0.15, 0.2) is 54.6 Å². The predicted molar refractivity (Wildman–Crippen MR) is 99.0 cm³/mol. The van der Waals surface area contributed by atoms with Crippen molar-refractivity contribution in [1.82, 2.24) is 4.90 Å². The summed E-state index contributed by atoms with van der Waals surface area (Å²) in [7, 11) is -3.43. The maximum atomic E-state index is 12.4. The van der Waals surface area contributed by atoms with Crippen LogP contribution in [0.3, 0.4) is 0 Å². The summed E-state index contributed by atoms with van der Waals surface area (Å²) in [4.78, 5) is 14.3. The van der Waals surface area contributed by atoms with Crippen LogP contribution < -0.4 is 4.31 Å². The first kappa shape index (κ1) is 17.5. The molecular weight excluding hydrogens is 336 g/mol. The number of carbonyl (C=O) groups is 1. The van der Waals surface area contributed by atoms with Gasteiger partial charge < -0.3 is 4.90 Å². The van der Waals surface area contributed by atoms with Crippen molar-refractivity contribution < 1.29 is 13.2 Å². The molecule has 0 spiro atoms. The average Bonchev–Trinajstić information content (AvgIpc) is 3.14. The Kier molecular flexibility index (Phi) is 5.08. The Balaban J connectivity index is 1.83. The van der Waals surface area contributed by atoms with Gasteiger partial charge in [0.25, 0.3) is 5.91 Å². The smallest absolute Gasteiger partial charge is 0.253 e. The Hall–Kier alpha value is -2.34. The number of hydrogen-bond donors (Lipinski definition) is 0. The van der Waals surface area contributed by atoms with Gasteiger partial charge in [-0.2, -0.15) is 0 Å². The molecule has 1 heterocycles. The van der Waals surface area contributed by atoms with Crippen LogP contribution in [0.5, 0.6) is 0 Å². The topological polar surface area (TPSA) is 57.7 Å². The number of benzene rings is 2. The molecule has 0 aliphatic carbocycles. The maximum absolute atomic E-state index is 12.4. The van der Waals surface area contributed by atoms with Crippen molar-refractivity contribution >= 4 is 21.6 Å². The van der Waals surface area contributed by atoms with Crippen molar-refractivity contribution in [3.05, 3.63) is 65.7 Å². The van der Waals surface area contributed by atoms with Gasteiger partial charge in [-0.25, -0.2) is 8.42 Å². The van der Waals surface area contributed by atoms with Crippen molar-refractivity contribution in [2.45, 2.75) is 19.4 Å². The number of sulfonamides is 1. The van der Waals surface area contributed by atoms with E-state index in [0.717, 1.165) is 31.5 Å². The van der Waals surface area contributed by atoms with Gasteiger partial charge in [0, 0.05) is 18.7 Å². The van der Waals surface area contributed by atoms with Crippen LogP contribution in [-0.4, -0.2) is 38.6 Å². The van der Waals surface area contributed by atoms with Crippen LogP contribution in [0.2, 0.25) is 0 Å². The van der Waals surface area contributed by atoms with Gasteiger partial charge in [-0.15, -0.1) is 0 Å². The van der Waals surface area contributed by atoms with Crippen molar-refractivity contribution in [3.8, 4) is 0 Å². The van der Waals surface area contributed by atoms with Crippen LogP contribution in [-0.2, 0) is 16.6 Å². The van der Waals surface area contributed by atoms with E-state index in [1.807, 2.05) is 35.2 Å². The Bertz CT molecular complexity index is 827. The van der Waals surface area contributed by atoms with E-state index in [4.69, 9.17) is 0 Å². The SMILES string of the molecule is CS(=O)(=O)N(Cc1ccccc1)c1ccc(C(=O)N2CCCC2)cc1. The van der Waals surface area contributed by atoms with Gasteiger partial charge in [0.2, 0.25) is 10.0 Å². The highest BCUT2D eigenvalue weighted by atomic mass is 32.2. The molecule has 5 nitrogen and oxygen atoms in total. The lowest BCUT2D eigenvalue weighted by Crippen LogP contribution is -2.30. The quantitative estimate of drug-likeness (QED) is 0.826. The van der Waals surface area contributed by atoms with Gasteiger partial charge in [0.05, 0.1) is 18.5 Å². The lowest BCUT2D eigenvalue weighted by molar-refractivity contribution is 0.0793. The zero-order valence-electron chi connectivity index (χ0n) is 14.3. The monoisotopic (exact) mass is 358 g/mol. The molecule has 6 heteroatoms. The van der Waals surface area contributed by atoms with Crippen LogP contribution in [0.1, 0.15) is 28.8 Å². The Labute approximate surface area is 148 Å². The number of amides is 1. The van der Waals surface area contributed by atoms with Crippen LogP contribution in [0, 0.1) is 0 Å². The van der Waals surface area contributed by atoms with Crippen molar-refractivity contribution in [2.24, 2.45) is 0 Å². The van der Waals surface area contributed by atoms with Crippen LogP contribution in [0.25, 0.3) is 0 Å². The van der Waals surface area contributed by atoms with Crippen molar-refractivity contribution in [1.29, 1.82) is 0 Å². The second kappa shape index (κ2) is 7.27. The average molecular weight is 358 g/mol. The van der Waals surface area contributed by atoms with E-state index in [2.05, 4.69) is 0 Å². The summed E-state index contributed by atoms with van der Waals surface area (Å²) in [5.74, 6) is 0.0121. The molecule has 1 aliphatic rings. The minimum Gasteiger partial charge on any atom is -0.339 e. The van der Waals surface area contributed by atoms with Gasteiger partial charge >= 0.3 is 0 Å². The molecule has 0 saturated carbocycles. The fourth-order valence-electron chi connectivity index (χ4n) is 3.02. The highest BCUT2D eigenvalue weighted by Crippen LogP contribution is 2.22. The molecule has 0 bridgehead atoms. The summed E-state index contributed by atoms with van der Waals surface area (Å²) < 4.78 is 25.8. The number of rotatable bonds is 5. The highest BCUT2D eigenvalue weighted by molar-refractivity contribution is 7.92. The Morgan fingerprint density at radius 3 is 2.16 bits per heavy atom. The third-order valence-electron chi connectivity index (χ3n) is 4.36. The zero-order chi connectivity index (χ0) is 17.9. The number of likely N-dealkylation sites (tertiary alicyclic amines) is 1. The first-order valence-electron chi connectivity index (χ1n) is 8.36. The minimum absolute atomic E-state index is 0.0121. The number of carbonyl (C=O) groups excluding carboxylic acids is 1. The summed E-state index contributed by atoms with van der Waals surface area (Å²) in [5.41, 5.74) is 2.06. The fourth-order valence-corrected chi connectivity index (χ4v) is 3.91. The van der Waals surface area contributed by atoms with E-state index >= 15 is 0 Å². The van der Waals surface area contributed by atoms with Crippen molar-refractivity contribution in [3.63, 3.8) is 0 Å². The molecule has 0 atom stereocenters. The molecule has 0 radical (unpaired) electrons. The molecular formula is C19H22N2O3S. The third kappa shape index (κ3) is 4.20. The molecule has 0 unspecified atom stereocenters. The molecule has 1 fully saturated rings. The zero-order valence-corrected chi connectivity index (χ0v) is 15.1. The summed E-state index contributed by atoms with van der Waals surface area (Å²) in [6, 6.07) is 16.3. The number of hydrogen-bond acceptors (Lipinski definition) is 3. The van der Waals surface area contributed by atoms with E-state index in [9.17, 15) is 13.2 Å². The second-order valence-corrected chi connectivity index (χ2v) is 8.21. The fraction of sp³-hybridized carbons (Fsp3) is 0.316. The second-order valence-electron chi connectivity index (χ2n) is 6.30. The van der Waals surface area contributed by atoms with Crippen LogP contribution in [0.4, 0.5) is 5.69 Å². The summed E-state index contributed by atoms with van der Waals surface area (Å²) in [5, 5.41) is 0. The van der Waals surface area contributed by atoms with E-state index < -0.39 is 10.0 Å². The van der Waals surface area contributed by atoms with E-state index in [1.165, 1.54) is 10.6 Å². The van der Waals surface area contributed by atoms with Crippen LogP contribution >= 0.6 is 0 Å². The molecule has 3 rings (SSSR count). The molecule has 2 aromatic carbocycles. The van der Waals surface area contributed by atoms with Gasteiger partial charge in [-0.3, -0.25) is 9.10 Å². The Morgan fingerprint density at radius 1 is 1.00 bits per heavy atom. The summed E-state index contributed by atoms with van der Waals surface area (Å²) in [6.07, 6.45) is 3.28. The molecule has 2 aromatic rings. The minimum atomic E-state index is -3.43. The first-order chi connectivity index (χ1) is 11.9. The molecule has 0 N–H and O–H groups in total. The molecule has 1 aliphatic heterocycles. The van der Waals surface area contributed by atoms with Gasteiger partial charge in [-0.1, -0.05) is 30.3 Å². The standard InChI is InChI=1S/C19H22N2O3S/c1-25(23,24)21(15-16-7-3-2-4-8-16)18-11-9-17(10-12-18)19(22)20-13-5-6-14-20/h2-4,7-12H,5-6,13-15H2,1H3. The normalized spacial score (nSPS) is 14.5. The van der Waals surface area contributed by atoms with Crippen molar-refractivity contribution in [2.75, 3.05) is 23.7 Å². The molecule has 1 saturated heterocycles. The predicted octanol–water partition coefficient (Wildman–Crippen LogP) is 2.89. The van der Waals surface area contributed by atoms with E-state index in [0.29, 0.717) is 11.3 Å². The van der Waals surface area contributed by atoms with Gasteiger partial charge in [-0.05, 0) is 42.7 Å². The van der Waals surface area contributed by atoms with E-state index in [-0.39, 0.29) is 12.5 Å². The first-order valence-corrected chi connectivity index (χ1v) is 10.2. The Morgan fingerprint density at radius 2 is 1.60 bits per heavy atom. The lowest BCUT2D eigenvalue weighted by Gasteiger charge is -2.23. The molecule has 25 heavy (non-hydrogen) atoms. The highest BCUT2D eigenvalue weighted by Gasteiger charge is 2.21. The number of anilines is 1. The maximum Gasteiger partial charge on any atom is 0.253 e. The molecule has 0 aromatic heterocycles. The lowest BCUT2D eigenvalue weighted by atomic mass is 10.1. The van der Waals surface area contributed by atoms with Gasteiger partial charge in [0.1, 0.15) is 0 Å². The van der Waals surface area contributed by atoms with E-state index in [1.54, 1.807) is 24.3 Å². The van der Waals surface area contributed by atoms with Gasteiger partial charge in [0.15, 0.2) is 0 Å². The summed E-state index contributed by atoms with van der Waals surface area (Å²) in [6.45, 7) is 1.85. The largest absolute Gasteiger partial charge is 0.339 e. The molecule has 1 amide bonds. The summed E-state index contributed by atoms with van der Waals surface area (Å²) >= 11 is 0. The number of nitrogens with zero attached hydrogens (tertiary/aromatic N) is 2. The molecule has 132 valence electrons.